The lowest BCUT2D eigenvalue weighted by molar-refractivity contribution is -0.127. The zero-order valence-corrected chi connectivity index (χ0v) is 22.1. The van der Waals surface area contributed by atoms with Crippen molar-refractivity contribution in [2.24, 2.45) is 4.99 Å². The number of carbonyl (C=O) groups excluding carboxylic acids is 1. The number of hydrogen-bond acceptors (Lipinski definition) is 7. The van der Waals surface area contributed by atoms with Crippen molar-refractivity contribution >= 4 is 23.3 Å². The van der Waals surface area contributed by atoms with Crippen molar-refractivity contribution < 1.29 is 19.0 Å². The van der Waals surface area contributed by atoms with E-state index in [2.05, 4.69) is 0 Å². The Morgan fingerprint density at radius 2 is 1.89 bits per heavy atom. The molecule has 0 saturated heterocycles. The summed E-state index contributed by atoms with van der Waals surface area (Å²) in [6.45, 7) is 7.83. The molecule has 0 unspecified atom stereocenters. The quantitative estimate of drug-likeness (QED) is 0.500. The molecule has 3 heterocycles. The summed E-state index contributed by atoms with van der Waals surface area (Å²) in [7, 11) is 1.59. The zero-order valence-electron chi connectivity index (χ0n) is 21.3. The van der Waals surface area contributed by atoms with Gasteiger partial charge in [-0.25, -0.2) is 4.99 Å². The van der Waals surface area contributed by atoms with Gasteiger partial charge in [0.1, 0.15) is 25.0 Å². The van der Waals surface area contributed by atoms with Gasteiger partial charge in [-0.05, 0) is 50.6 Å². The Balaban J connectivity index is 1.71. The second kappa shape index (κ2) is 10.3. The highest BCUT2D eigenvalue weighted by Crippen LogP contribution is 2.36. The van der Waals surface area contributed by atoms with Crippen LogP contribution in [0.2, 0.25) is 0 Å². The number of aromatic nitrogens is 1. The number of hydrogen-bond donors (Lipinski definition) is 0. The van der Waals surface area contributed by atoms with E-state index in [1.165, 1.54) is 11.3 Å². The van der Waals surface area contributed by atoms with E-state index in [9.17, 15) is 9.59 Å². The minimum Gasteiger partial charge on any atom is -0.496 e. The molecule has 1 atom stereocenters. The molecule has 2 aromatic carbocycles. The van der Waals surface area contributed by atoms with Gasteiger partial charge in [0.05, 0.1) is 22.9 Å². The van der Waals surface area contributed by atoms with Crippen LogP contribution in [0, 0.1) is 0 Å². The lowest BCUT2D eigenvalue weighted by Gasteiger charge is -2.29. The van der Waals surface area contributed by atoms with Gasteiger partial charge >= 0.3 is 0 Å². The first-order chi connectivity index (χ1) is 18.0. The van der Waals surface area contributed by atoms with Gasteiger partial charge in [0.25, 0.3) is 11.5 Å². The highest BCUT2D eigenvalue weighted by Gasteiger charge is 2.35. The number of thiazole rings is 1. The number of fused-ring (bicyclic) bond motifs is 2. The van der Waals surface area contributed by atoms with E-state index in [1.807, 2.05) is 69.3 Å². The van der Waals surface area contributed by atoms with E-state index < -0.39 is 6.04 Å². The average molecular weight is 520 g/mol. The number of rotatable bonds is 6. The van der Waals surface area contributed by atoms with Crippen molar-refractivity contribution in [1.82, 2.24) is 9.47 Å². The van der Waals surface area contributed by atoms with E-state index in [4.69, 9.17) is 19.2 Å². The second-order valence-electron chi connectivity index (χ2n) is 8.70. The average Bonchev–Trinajstić information content (AvgIpc) is 3.22. The topological polar surface area (TPSA) is 82.4 Å². The van der Waals surface area contributed by atoms with Crippen LogP contribution in [0.1, 0.15) is 37.9 Å². The Bertz CT molecular complexity index is 1570. The maximum absolute atomic E-state index is 13.9. The third-order valence-electron chi connectivity index (χ3n) is 6.60. The van der Waals surface area contributed by atoms with Crippen molar-refractivity contribution in [1.29, 1.82) is 0 Å². The maximum atomic E-state index is 13.9. The van der Waals surface area contributed by atoms with Crippen LogP contribution in [0.25, 0.3) is 6.08 Å². The Hall–Kier alpha value is -3.85. The van der Waals surface area contributed by atoms with Gasteiger partial charge in [0.15, 0.2) is 16.3 Å². The Morgan fingerprint density at radius 1 is 1.16 bits per heavy atom. The highest BCUT2D eigenvalue weighted by atomic mass is 32.1. The minimum atomic E-state index is -0.664. The summed E-state index contributed by atoms with van der Waals surface area (Å²) in [5.41, 5.74) is 2.42. The number of carbonyl (C=O) groups is 1. The number of benzene rings is 2. The summed E-state index contributed by atoms with van der Waals surface area (Å²) < 4.78 is 19.1. The molecule has 0 radical (unpaired) electrons. The van der Waals surface area contributed by atoms with E-state index in [0.29, 0.717) is 64.2 Å². The third kappa shape index (κ3) is 4.44. The van der Waals surface area contributed by atoms with Crippen LogP contribution >= 0.6 is 11.3 Å². The van der Waals surface area contributed by atoms with E-state index in [-0.39, 0.29) is 11.5 Å². The molecule has 3 aromatic rings. The van der Waals surface area contributed by atoms with Crippen LogP contribution in [-0.2, 0) is 4.79 Å². The van der Waals surface area contributed by atoms with E-state index in [0.717, 1.165) is 11.1 Å². The van der Waals surface area contributed by atoms with Crippen LogP contribution in [0.3, 0.4) is 0 Å². The first kappa shape index (κ1) is 24.8. The Kier molecular flexibility index (Phi) is 6.88. The molecule has 9 heteroatoms. The summed E-state index contributed by atoms with van der Waals surface area (Å²) in [5.74, 6) is 1.82. The standard InChI is InChI=1S/C28H29N3O5S/c1-5-30(6-2)27(33)24-17(3)29-28-31(25(24)19-9-7-8-10-20(19)34-4)26(32)23(37-28)16-18-11-12-21-22(15-18)36-14-13-35-21/h7-12,15-16,25H,5-6,13-14H2,1-4H3/b23-16+/t25-/m1/s1. The molecule has 0 bridgehead atoms. The van der Waals surface area contributed by atoms with Gasteiger partial charge in [0.2, 0.25) is 0 Å². The molecule has 0 saturated carbocycles. The lowest BCUT2D eigenvalue weighted by Crippen LogP contribution is -2.43. The predicted molar refractivity (Wildman–Crippen MR) is 142 cm³/mol. The van der Waals surface area contributed by atoms with E-state index >= 15 is 0 Å². The fourth-order valence-corrected chi connectivity index (χ4v) is 5.81. The highest BCUT2D eigenvalue weighted by molar-refractivity contribution is 7.07. The first-order valence-electron chi connectivity index (χ1n) is 12.3. The second-order valence-corrected chi connectivity index (χ2v) is 9.71. The monoisotopic (exact) mass is 519 g/mol. The van der Waals surface area contributed by atoms with Crippen molar-refractivity contribution in [2.45, 2.75) is 26.8 Å². The number of allylic oxidation sites excluding steroid dienone is 1. The Labute approximate surface area is 218 Å². The number of para-hydroxylation sites is 1. The lowest BCUT2D eigenvalue weighted by atomic mass is 9.94. The summed E-state index contributed by atoms with van der Waals surface area (Å²) in [5, 5.41) is 0. The first-order valence-corrected chi connectivity index (χ1v) is 13.1. The van der Waals surface area contributed by atoms with Crippen LogP contribution in [-0.4, -0.2) is 48.8 Å². The van der Waals surface area contributed by atoms with Crippen molar-refractivity contribution in [3.63, 3.8) is 0 Å². The molecule has 5 rings (SSSR count). The molecule has 0 N–H and O–H groups in total. The SMILES string of the molecule is CCN(CC)C(=O)C1=C(C)N=c2s/c(=C/c3ccc4c(c3)OCCO4)c(=O)n2[C@@H]1c1ccccc1OC. The molecule has 37 heavy (non-hydrogen) atoms. The molecular formula is C28H29N3O5S. The molecule has 0 aliphatic carbocycles. The number of likely N-dealkylation sites (N-methyl/N-ethyl adjacent to an activating group) is 1. The molecule has 1 amide bonds. The number of nitrogens with zero attached hydrogens (tertiary/aromatic N) is 3. The summed E-state index contributed by atoms with van der Waals surface area (Å²) in [6.07, 6.45) is 1.83. The van der Waals surface area contributed by atoms with E-state index in [1.54, 1.807) is 16.6 Å². The molecule has 2 aliphatic rings. The van der Waals surface area contributed by atoms with Gasteiger partial charge in [-0.3, -0.25) is 14.2 Å². The summed E-state index contributed by atoms with van der Waals surface area (Å²) in [6, 6.07) is 12.4. The van der Waals surface area contributed by atoms with Crippen molar-refractivity contribution in [3.05, 3.63) is 84.5 Å². The van der Waals surface area contributed by atoms with Gasteiger partial charge in [-0.15, -0.1) is 0 Å². The molecule has 0 spiro atoms. The van der Waals surface area contributed by atoms with Crippen LogP contribution in [0.4, 0.5) is 0 Å². The van der Waals surface area contributed by atoms with Crippen LogP contribution in [0.15, 0.2) is 63.5 Å². The summed E-state index contributed by atoms with van der Waals surface area (Å²) in [4.78, 5) is 34.7. The Morgan fingerprint density at radius 3 is 2.62 bits per heavy atom. The summed E-state index contributed by atoms with van der Waals surface area (Å²) >= 11 is 1.30. The molecule has 192 valence electrons. The fourth-order valence-electron chi connectivity index (χ4n) is 4.76. The molecule has 2 aliphatic heterocycles. The fraction of sp³-hybridized carbons (Fsp3) is 0.321. The van der Waals surface area contributed by atoms with Crippen molar-refractivity contribution in [2.75, 3.05) is 33.4 Å². The normalized spacial score (nSPS) is 16.8. The van der Waals surface area contributed by atoms with Crippen LogP contribution < -0.4 is 29.1 Å². The van der Waals surface area contributed by atoms with Gasteiger partial charge in [-0.2, -0.15) is 0 Å². The van der Waals surface area contributed by atoms with Gasteiger partial charge < -0.3 is 19.1 Å². The smallest absolute Gasteiger partial charge is 0.271 e. The largest absolute Gasteiger partial charge is 0.496 e. The van der Waals surface area contributed by atoms with Gasteiger partial charge in [-0.1, -0.05) is 35.6 Å². The third-order valence-corrected chi connectivity index (χ3v) is 7.58. The molecule has 1 aromatic heterocycles. The molecular weight excluding hydrogens is 490 g/mol. The van der Waals surface area contributed by atoms with Gasteiger partial charge in [0, 0.05) is 18.7 Å². The number of methoxy groups -OCH3 is 1. The van der Waals surface area contributed by atoms with Crippen molar-refractivity contribution in [3.8, 4) is 17.2 Å². The van der Waals surface area contributed by atoms with Crippen LogP contribution in [0.5, 0.6) is 17.2 Å². The number of ether oxygens (including phenoxy) is 3. The number of amides is 1. The zero-order chi connectivity index (χ0) is 26.1. The molecule has 0 fully saturated rings. The maximum Gasteiger partial charge on any atom is 0.271 e. The molecule has 8 nitrogen and oxygen atoms in total. The minimum absolute atomic E-state index is 0.136. The predicted octanol–water partition coefficient (Wildman–Crippen LogP) is 2.88.